The van der Waals surface area contributed by atoms with Gasteiger partial charge in [-0.2, -0.15) is 10.2 Å². The van der Waals surface area contributed by atoms with Crippen LogP contribution < -0.4 is 25.4 Å². The van der Waals surface area contributed by atoms with E-state index >= 15 is 0 Å². The molecule has 380 valence electrons. The van der Waals surface area contributed by atoms with Crippen molar-refractivity contribution in [2.75, 3.05) is 55.1 Å². The number of sulfonamides is 1. The molecule has 73 heavy (non-hydrogen) atoms. The summed E-state index contributed by atoms with van der Waals surface area (Å²) in [5.74, 6) is -2.43. The van der Waals surface area contributed by atoms with Crippen LogP contribution in [0.3, 0.4) is 0 Å². The summed E-state index contributed by atoms with van der Waals surface area (Å²) in [5, 5.41) is 12.3. The Kier molecular flexibility index (Phi) is 12.7. The molecule has 23 heteroatoms. The fourth-order valence-corrected chi connectivity index (χ4v) is 10.9. The average Bonchev–Trinajstić information content (AvgIpc) is 4.07. The number of piperazine rings is 1. The van der Waals surface area contributed by atoms with E-state index in [0.717, 1.165) is 17.4 Å². The molecule has 4 N–H and O–H groups in total. The van der Waals surface area contributed by atoms with Gasteiger partial charge in [-0.1, -0.05) is 24.3 Å². The zero-order chi connectivity index (χ0) is 51.6. The number of likely N-dealkylation sites (N-methyl/N-ethyl adjacent to an activating group) is 1. The molecule has 0 spiro atoms. The number of fused-ring (bicyclic) bond motifs is 2. The van der Waals surface area contributed by atoms with Gasteiger partial charge < -0.3 is 20.3 Å². The molecule has 20 nitrogen and oxygen atoms in total. The van der Waals surface area contributed by atoms with Crippen molar-refractivity contribution in [3.63, 3.8) is 0 Å². The second kappa shape index (κ2) is 19.0. The molecular formula is C50H52F2N12O8S. The number of aryl methyl sites for hydroxylation is 1. The van der Waals surface area contributed by atoms with Crippen LogP contribution in [0.4, 0.5) is 26.0 Å². The molecule has 4 unspecified atom stereocenters. The van der Waals surface area contributed by atoms with Crippen LogP contribution in [-0.4, -0.2) is 135 Å². The predicted molar refractivity (Wildman–Crippen MR) is 265 cm³/mol. The van der Waals surface area contributed by atoms with Crippen molar-refractivity contribution >= 4 is 67.7 Å². The SMILES string of the molecule is CC(F)S(=O)(=O)Nc1ccc(-c2nn(C)c3c(-c4cnn(C5CCC(C(=O)N6CCN(c7cccc8c7C(=O)N(C7CCC(=O)NC7=O)C8=O)CC6)N(C)C5)c4)cnc(N)c23)cc1O[C@@H](C)c1ccc(F)cc1. The van der Waals surface area contributed by atoms with E-state index in [1.807, 2.05) is 32.6 Å². The third kappa shape index (κ3) is 9.00. The van der Waals surface area contributed by atoms with E-state index in [-0.39, 0.29) is 59.2 Å². The van der Waals surface area contributed by atoms with Crippen molar-refractivity contribution in [2.24, 2.45) is 7.05 Å². The summed E-state index contributed by atoms with van der Waals surface area (Å²) in [6.45, 7) is 4.81. The number of ether oxygens (including phenoxy) is 1. The molecular weight excluding hydrogens is 967 g/mol. The van der Waals surface area contributed by atoms with E-state index in [1.54, 1.807) is 73.5 Å². The third-order valence-electron chi connectivity index (χ3n) is 14.2. The molecule has 3 saturated heterocycles. The van der Waals surface area contributed by atoms with Gasteiger partial charge >= 0.3 is 0 Å². The zero-order valence-corrected chi connectivity index (χ0v) is 41.1. The number of hydrogen-bond acceptors (Lipinski definition) is 14. The number of likely N-dealkylation sites (tertiary alicyclic amines) is 1. The summed E-state index contributed by atoms with van der Waals surface area (Å²) in [7, 11) is -0.737. The highest BCUT2D eigenvalue weighted by Gasteiger charge is 2.46. The van der Waals surface area contributed by atoms with E-state index in [0.29, 0.717) is 84.5 Å². The van der Waals surface area contributed by atoms with Gasteiger partial charge in [-0.25, -0.2) is 22.2 Å². The Hall–Kier alpha value is -7.79. The van der Waals surface area contributed by atoms with Crippen molar-refractivity contribution in [1.29, 1.82) is 0 Å². The predicted octanol–water partition coefficient (Wildman–Crippen LogP) is 4.80. The van der Waals surface area contributed by atoms with Crippen LogP contribution >= 0.6 is 0 Å². The number of nitrogen functional groups attached to an aromatic ring is 1. The molecule has 4 aliphatic rings. The summed E-state index contributed by atoms with van der Waals surface area (Å²) in [5.41, 5.74) is 8.94. The molecule has 7 heterocycles. The second-order valence-corrected chi connectivity index (χ2v) is 20.8. The van der Waals surface area contributed by atoms with Gasteiger partial charge in [-0.3, -0.25) is 53.2 Å². The number of carbonyl (C=O) groups is 5. The van der Waals surface area contributed by atoms with E-state index < -0.39 is 57.1 Å². The normalized spacial score (nSPS) is 20.6. The molecule has 3 fully saturated rings. The van der Waals surface area contributed by atoms with Crippen LogP contribution in [0, 0.1) is 5.82 Å². The third-order valence-corrected chi connectivity index (χ3v) is 15.6. The molecule has 0 saturated carbocycles. The van der Waals surface area contributed by atoms with Crippen molar-refractivity contribution in [2.45, 2.75) is 69.3 Å². The first-order valence-corrected chi connectivity index (χ1v) is 25.4. The monoisotopic (exact) mass is 1020 g/mol. The Labute approximate surface area is 418 Å². The molecule has 10 rings (SSSR count). The first-order chi connectivity index (χ1) is 34.9. The number of nitrogens with zero attached hydrogens (tertiary/aromatic N) is 9. The van der Waals surface area contributed by atoms with E-state index in [4.69, 9.17) is 20.7 Å². The summed E-state index contributed by atoms with van der Waals surface area (Å²) in [6.07, 6.45) is 5.98. The molecule has 5 amide bonds. The maximum Gasteiger partial charge on any atom is 0.264 e. The van der Waals surface area contributed by atoms with Gasteiger partial charge in [0.1, 0.15) is 35.2 Å². The van der Waals surface area contributed by atoms with Gasteiger partial charge in [0.15, 0.2) is 0 Å². The minimum absolute atomic E-state index is 0.00375. The summed E-state index contributed by atoms with van der Waals surface area (Å²) >= 11 is 0. The molecule has 0 radical (unpaired) electrons. The fraction of sp³-hybridized carbons (Fsp3) is 0.360. The Bertz CT molecular complexity index is 3340. The minimum Gasteiger partial charge on any atom is -0.484 e. The Morgan fingerprint density at radius 1 is 0.918 bits per heavy atom. The van der Waals surface area contributed by atoms with Crippen LogP contribution in [-0.2, 0) is 31.5 Å². The zero-order valence-electron chi connectivity index (χ0n) is 40.3. The van der Waals surface area contributed by atoms with Crippen LogP contribution in [0.25, 0.3) is 33.3 Å². The van der Waals surface area contributed by atoms with E-state index in [2.05, 4.69) is 15.0 Å². The number of hydrogen-bond donors (Lipinski definition) is 3. The van der Waals surface area contributed by atoms with E-state index in [1.165, 1.54) is 18.2 Å². The lowest BCUT2D eigenvalue weighted by Gasteiger charge is -2.42. The standard InChI is InChI=1S/C50H52F2N12O8S/c1-27(29-8-11-32(52)12-9-29)72-40-22-30(10-14-36(40)58-73(70,71)28(2)51)44-43-45(60(4)57-44)35(24-54-46(43)53)31-23-55-63(25-31)33-13-15-39(59(3)26-33)49(68)62-20-18-61(19-21-62)37-7-5-6-34-42(37)50(69)64(48(34)67)38-16-17-41(65)56-47(38)66/h5-12,14,22-25,27-28,33,38-39,58H,13,15-21,26H2,1-4H3,(H2,53,54)(H,56,65,66)/t27-,28?,33?,38?,39?/m0/s1. The number of benzene rings is 3. The lowest BCUT2D eigenvalue weighted by atomic mass is 9.97. The van der Waals surface area contributed by atoms with Gasteiger partial charge in [-0.15, -0.1) is 0 Å². The van der Waals surface area contributed by atoms with Gasteiger partial charge in [0.25, 0.3) is 21.8 Å². The molecule has 6 aromatic rings. The van der Waals surface area contributed by atoms with Crippen LogP contribution in [0.15, 0.2) is 79.3 Å². The maximum atomic E-state index is 14.2. The number of alkyl halides is 1. The van der Waals surface area contributed by atoms with E-state index in [9.17, 15) is 41.2 Å². The summed E-state index contributed by atoms with van der Waals surface area (Å²) < 4.78 is 65.4. The number of halogens is 2. The molecule has 4 aliphatic heterocycles. The number of aromatic nitrogens is 5. The molecule has 0 aliphatic carbocycles. The van der Waals surface area contributed by atoms with Crippen molar-refractivity contribution < 1.29 is 45.9 Å². The number of imide groups is 2. The fourth-order valence-electron chi connectivity index (χ4n) is 10.3. The summed E-state index contributed by atoms with van der Waals surface area (Å²) in [6, 6.07) is 13.9. The highest BCUT2D eigenvalue weighted by Crippen LogP contribution is 2.41. The molecule has 3 aromatic carbocycles. The molecule has 5 atom stereocenters. The van der Waals surface area contributed by atoms with Crippen LogP contribution in [0.1, 0.15) is 78.0 Å². The van der Waals surface area contributed by atoms with Crippen molar-refractivity contribution in [1.82, 2.24) is 44.6 Å². The van der Waals surface area contributed by atoms with Crippen molar-refractivity contribution in [3.05, 3.63) is 102 Å². The first kappa shape index (κ1) is 48.8. The maximum absolute atomic E-state index is 14.2. The Morgan fingerprint density at radius 3 is 2.38 bits per heavy atom. The number of pyridine rings is 1. The number of anilines is 3. The lowest BCUT2D eigenvalue weighted by molar-refractivity contribution is -0.138. The molecule has 3 aromatic heterocycles. The largest absolute Gasteiger partial charge is 0.484 e. The average molecular weight is 1020 g/mol. The number of piperidine rings is 2. The first-order valence-electron chi connectivity index (χ1n) is 23.8. The highest BCUT2D eigenvalue weighted by molar-refractivity contribution is 7.93. The van der Waals surface area contributed by atoms with Crippen LogP contribution in [0.2, 0.25) is 0 Å². The van der Waals surface area contributed by atoms with Gasteiger partial charge in [-0.05, 0) is 82.1 Å². The Balaban J connectivity index is 0.823. The minimum atomic E-state index is -4.43. The molecule has 0 bridgehead atoms. The van der Waals surface area contributed by atoms with Crippen LogP contribution in [0.5, 0.6) is 5.75 Å². The number of nitrogens with two attached hydrogens (primary N) is 1. The number of nitrogens with one attached hydrogen (secondary N) is 2. The Morgan fingerprint density at radius 2 is 1.67 bits per heavy atom. The topological polar surface area (TPSA) is 240 Å². The lowest BCUT2D eigenvalue weighted by Crippen LogP contribution is -2.56. The number of rotatable bonds is 12. The smallest absolute Gasteiger partial charge is 0.264 e. The quantitative estimate of drug-likeness (QED) is 0.140. The number of amides is 5. The second-order valence-electron chi connectivity index (χ2n) is 18.8. The van der Waals surface area contributed by atoms with Gasteiger partial charge in [0, 0.05) is 75.3 Å². The van der Waals surface area contributed by atoms with Gasteiger partial charge in [0.05, 0.1) is 51.7 Å². The highest BCUT2D eigenvalue weighted by atomic mass is 32.2. The number of carbonyl (C=O) groups excluding carboxylic acids is 5. The summed E-state index contributed by atoms with van der Waals surface area (Å²) in [4.78, 5) is 77.1. The van der Waals surface area contributed by atoms with Crippen molar-refractivity contribution in [3.8, 4) is 28.1 Å². The van der Waals surface area contributed by atoms with Gasteiger partial charge in [0.2, 0.25) is 23.2 Å².